The first kappa shape index (κ1) is 12.5. The summed E-state index contributed by atoms with van der Waals surface area (Å²) in [5.74, 6) is 0. The van der Waals surface area contributed by atoms with E-state index < -0.39 is 0 Å². The van der Waals surface area contributed by atoms with Crippen molar-refractivity contribution in [2.24, 2.45) is 0 Å². The van der Waals surface area contributed by atoms with Crippen LogP contribution in [0.1, 0.15) is 15.9 Å². The van der Waals surface area contributed by atoms with Crippen molar-refractivity contribution >= 4 is 43.4 Å². The molecule has 0 aliphatic heterocycles. The standard InChI is InChI=1S/C15H12N2O.Tl/c1-10-6-11(8-18)2-4-13(10)12-3-5-14-15(7-12)17-9-16-14;/h2-9H,1H3,(H,16,17,18);/q;+1/p-1. The molecule has 0 saturated heterocycles. The molecule has 0 atom stereocenters. The first-order valence-corrected chi connectivity index (χ1v) is 7.98. The van der Waals surface area contributed by atoms with Crippen LogP contribution in [-0.2, 0) is 0 Å². The average molecular weight is 440 g/mol. The van der Waals surface area contributed by atoms with Crippen LogP contribution in [0.4, 0.5) is 0 Å². The van der Waals surface area contributed by atoms with Gasteiger partial charge in [0.2, 0.25) is 0 Å². The van der Waals surface area contributed by atoms with E-state index in [-0.39, 0.29) is 0 Å². The number of carbonyl (C=O) groups is 1. The summed E-state index contributed by atoms with van der Waals surface area (Å²) >= 11 is 0.712. The van der Waals surface area contributed by atoms with Crippen LogP contribution in [0, 0.1) is 6.92 Å². The first-order valence-electron chi connectivity index (χ1n) is 5.97. The molecule has 1 aromatic heterocycles. The number of fused-ring (bicyclic) bond motifs is 1. The van der Waals surface area contributed by atoms with Gasteiger partial charge in [0.15, 0.2) is 0 Å². The van der Waals surface area contributed by atoms with E-state index in [0.717, 1.165) is 22.9 Å². The van der Waals surface area contributed by atoms with Crippen molar-refractivity contribution < 1.29 is 4.79 Å². The molecule has 3 rings (SSSR count). The topological polar surface area (TPSA) is 34.9 Å². The molecule has 19 heavy (non-hydrogen) atoms. The molecule has 0 aliphatic carbocycles. The summed E-state index contributed by atoms with van der Waals surface area (Å²) in [5, 5.41) is 0. The van der Waals surface area contributed by atoms with Crippen LogP contribution in [-0.4, -0.2) is 39.7 Å². The van der Waals surface area contributed by atoms with E-state index in [4.69, 9.17) is 0 Å². The van der Waals surface area contributed by atoms with Crippen LogP contribution in [0.2, 0.25) is 0 Å². The zero-order valence-electron chi connectivity index (χ0n) is 10.5. The van der Waals surface area contributed by atoms with Crippen molar-refractivity contribution in [3.8, 4) is 11.1 Å². The summed E-state index contributed by atoms with van der Waals surface area (Å²) < 4.78 is 2.17. The SMILES string of the molecule is Cc1cc(C=O)ccc1-c1ccc2nc[n]([Tl])c2c1. The molecule has 90 valence electrons. The van der Waals surface area contributed by atoms with E-state index in [9.17, 15) is 4.79 Å². The van der Waals surface area contributed by atoms with Crippen molar-refractivity contribution in [2.45, 2.75) is 6.92 Å². The Bertz CT molecular complexity index is 777. The number of hydrogen-bond donors (Lipinski definition) is 0. The summed E-state index contributed by atoms with van der Waals surface area (Å²) in [6.45, 7) is 2.03. The quantitative estimate of drug-likeness (QED) is 0.455. The van der Waals surface area contributed by atoms with Gasteiger partial charge in [-0.1, -0.05) is 0 Å². The first-order chi connectivity index (χ1) is 9.19. The fourth-order valence-electron chi connectivity index (χ4n) is 2.28. The number of imidazole rings is 1. The summed E-state index contributed by atoms with van der Waals surface area (Å²) in [5.41, 5.74) is 6.39. The van der Waals surface area contributed by atoms with Crippen LogP contribution in [0.25, 0.3) is 22.2 Å². The molecule has 0 unspecified atom stereocenters. The molecule has 1 heterocycles. The number of rotatable bonds is 2. The van der Waals surface area contributed by atoms with Gasteiger partial charge in [0.25, 0.3) is 0 Å². The number of benzene rings is 2. The normalized spacial score (nSPS) is 10.7. The molecule has 3 nitrogen and oxygen atoms in total. The van der Waals surface area contributed by atoms with Gasteiger partial charge in [-0.15, -0.1) is 0 Å². The van der Waals surface area contributed by atoms with Crippen molar-refractivity contribution in [1.29, 1.82) is 0 Å². The van der Waals surface area contributed by atoms with Crippen molar-refractivity contribution in [3.05, 3.63) is 53.9 Å². The predicted octanol–water partition coefficient (Wildman–Crippen LogP) is 2.76. The minimum atomic E-state index is 0.712. The summed E-state index contributed by atoms with van der Waals surface area (Å²) in [4.78, 5) is 15.1. The Morgan fingerprint density at radius 3 is 2.79 bits per heavy atom. The van der Waals surface area contributed by atoms with Crippen LogP contribution >= 0.6 is 0 Å². The molecule has 0 saturated carbocycles. The van der Waals surface area contributed by atoms with Crippen LogP contribution in [0.15, 0.2) is 42.7 Å². The fourth-order valence-corrected chi connectivity index (χ4v) is 3.34. The van der Waals surface area contributed by atoms with E-state index in [0.29, 0.717) is 26.1 Å². The van der Waals surface area contributed by atoms with Gasteiger partial charge >= 0.3 is 127 Å². The zero-order chi connectivity index (χ0) is 13.4. The molecule has 0 N–H and O–H groups in total. The third kappa shape index (κ3) is 2.22. The number of aldehydes is 1. The minimum absolute atomic E-state index is 0.712. The number of aryl methyl sites for hydroxylation is 1. The molecule has 0 bridgehead atoms. The van der Waals surface area contributed by atoms with Gasteiger partial charge in [-0.2, -0.15) is 0 Å². The maximum absolute atomic E-state index is 10.8. The van der Waals surface area contributed by atoms with Gasteiger partial charge in [-0.3, -0.25) is 0 Å². The molecular formula is C15H11N2OTl. The summed E-state index contributed by atoms with van der Waals surface area (Å²) in [6.07, 6.45) is 2.77. The Hall–Kier alpha value is -1.50. The number of nitrogens with zero attached hydrogens (tertiary/aromatic N) is 2. The second-order valence-corrected chi connectivity index (χ2v) is 6.71. The Kier molecular flexibility index (Phi) is 3.22. The van der Waals surface area contributed by atoms with E-state index in [1.807, 2.05) is 31.5 Å². The van der Waals surface area contributed by atoms with E-state index >= 15 is 0 Å². The average Bonchev–Trinajstić information content (AvgIpc) is 2.80. The molecule has 0 spiro atoms. The van der Waals surface area contributed by atoms with Crippen LogP contribution in [0.5, 0.6) is 0 Å². The third-order valence-electron chi connectivity index (χ3n) is 3.27. The Labute approximate surface area is 127 Å². The molecule has 4 heteroatoms. The molecule has 0 fully saturated rings. The molecule has 0 amide bonds. The summed E-state index contributed by atoms with van der Waals surface area (Å²) in [7, 11) is 0. The molecule has 0 aliphatic rings. The van der Waals surface area contributed by atoms with Crippen molar-refractivity contribution in [3.63, 3.8) is 0 Å². The number of carbonyl (C=O) groups excluding carboxylic acids is 1. The number of hydrogen-bond acceptors (Lipinski definition) is 2. The van der Waals surface area contributed by atoms with Gasteiger partial charge in [-0.05, 0) is 0 Å². The monoisotopic (exact) mass is 440 g/mol. The van der Waals surface area contributed by atoms with Crippen molar-refractivity contribution in [1.82, 2.24) is 7.36 Å². The second kappa shape index (κ2) is 4.88. The fraction of sp³-hybridized carbons (Fsp3) is 0.0667. The van der Waals surface area contributed by atoms with Gasteiger partial charge < -0.3 is 0 Å². The van der Waals surface area contributed by atoms with E-state index in [2.05, 4.69) is 25.6 Å². The van der Waals surface area contributed by atoms with Crippen LogP contribution in [0.3, 0.4) is 0 Å². The van der Waals surface area contributed by atoms with E-state index in [1.54, 1.807) is 0 Å². The van der Waals surface area contributed by atoms with Gasteiger partial charge in [-0.25, -0.2) is 0 Å². The molecule has 3 aromatic rings. The molecule has 2 aromatic carbocycles. The third-order valence-corrected chi connectivity index (χ3v) is 4.87. The maximum atomic E-state index is 10.8. The second-order valence-electron chi connectivity index (χ2n) is 4.55. The Balaban J connectivity index is 2.18. The molecule has 0 radical (unpaired) electrons. The number of aromatic nitrogens is 2. The Morgan fingerprint density at radius 2 is 2.05 bits per heavy atom. The van der Waals surface area contributed by atoms with Gasteiger partial charge in [0.05, 0.1) is 0 Å². The van der Waals surface area contributed by atoms with Crippen LogP contribution < -0.4 is 0 Å². The Morgan fingerprint density at radius 1 is 1.21 bits per heavy atom. The van der Waals surface area contributed by atoms with Crippen molar-refractivity contribution in [2.75, 3.05) is 0 Å². The zero-order valence-corrected chi connectivity index (χ0v) is 15.0. The molecular weight excluding hydrogens is 429 g/mol. The van der Waals surface area contributed by atoms with Gasteiger partial charge in [0, 0.05) is 0 Å². The van der Waals surface area contributed by atoms with E-state index in [1.165, 1.54) is 16.6 Å². The van der Waals surface area contributed by atoms with Gasteiger partial charge in [0.1, 0.15) is 0 Å². The summed E-state index contributed by atoms with van der Waals surface area (Å²) in [6, 6.07) is 12.1. The predicted molar refractivity (Wildman–Crippen MR) is 76.4 cm³/mol.